The molecule has 0 N–H and O–H groups in total. The third kappa shape index (κ3) is 3.45. The number of ether oxygens (including phenoxy) is 1. The summed E-state index contributed by atoms with van der Waals surface area (Å²) in [7, 11) is 0. The number of esters is 1. The molecule has 3 nitrogen and oxygen atoms in total. The zero-order valence-corrected chi connectivity index (χ0v) is 18.3. The molecule has 4 aliphatic carbocycles. The second-order valence-corrected chi connectivity index (χ2v) is 11.0. The van der Waals surface area contributed by atoms with Gasteiger partial charge in [-0.2, -0.15) is 0 Å². The number of hydrogen-bond acceptors (Lipinski definition) is 3. The van der Waals surface area contributed by atoms with E-state index in [1.165, 1.54) is 44.9 Å². The van der Waals surface area contributed by atoms with Crippen LogP contribution in [-0.2, 0) is 14.3 Å². The molecule has 0 radical (unpaired) electrons. The van der Waals surface area contributed by atoms with Crippen LogP contribution in [0.15, 0.2) is 0 Å². The van der Waals surface area contributed by atoms with Crippen LogP contribution in [0.1, 0.15) is 97.8 Å². The van der Waals surface area contributed by atoms with Crippen LogP contribution in [0.5, 0.6) is 0 Å². The Morgan fingerprint density at radius 2 is 1.96 bits per heavy atom. The maximum atomic E-state index is 12.3. The predicted octanol–water partition coefficient (Wildman–Crippen LogP) is 5.95. The Morgan fingerprint density at radius 1 is 1.14 bits per heavy atom. The number of carbonyl (C=O) groups is 2. The van der Waals surface area contributed by atoms with Crippen LogP contribution in [0.2, 0.25) is 0 Å². The molecule has 0 amide bonds. The first kappa shape index (κ1) is 20.4. The number of fused-ring (bicyclic) bond motifs is 5. The van der Waals surface area contributed by atoms with Gasteiger partial charge in [-0.25, -0.2) is 0 Å². The third-order valence-corrected chi connectivity index (χ3v) is 9.71. The van der Waals surface area contributed by atoms with Crippen molar-refractivity contribution in [3.05, 3.63) is 0 Å². The Kier molecular flexibility index (Phi) is 5.66. The molecule has 2 unspecified atom stereocenters. The first-order chi connectivity index (χ1) is 13.4. The molecular weight excluding hydrogens is 348 g/mol. The molecule has 3 heteroatoms. The summed E-state index contributed by atoms with van der Waals surface area (Å²) in [5.41, 5.74) is 0.940. The summed E-state index contributed by atoms with van der Waals surface area (Å²) in [6.07, 6.45) is 13.6. The first-order valence-electron chi connectivity index (χ1n) is 12.0. The minimum Gasteiger partial charge on any atom is -0.466 e. The van der Waals surface area contributed by atoms with Crippen molar-refractivity contribution in [2.24, 2.45) is 40.4 Å². The van der Waals surface area contributed by atoms with Gasteiger partial charge in [-0.3, -0.25) is 9.59 Å². The second kappa shape index (κ2) is 7.76. The van der Waals surface area contributed by atoms with Crippen molar-refractivity contribution in [3.8, 4) is 0 Å². The molecule has 4 fully saturated rings. The summed E-state index contributed by atoms with van der Waals surface area (Å²) in [6.45, 7) is 7.54. The molecule has 0 aliphatic heterocycles. The molecule has 0 saturated heterocycles. The molecule has 4 saturated carbocycles. The number of ketones is 1. The van der Waals surface area contributed by atoms with Gasteiger partial charge >= 0.3 is 5.97 Å². The van der Waals surface area contributed by atoms with Crippen LogP contribution >= 0.6 is 0 Å². The van der Waals surface area contributed by atoms with Gasteiger partial charge in [0.1, 0.15) is 5.78 Å². The minimum atomic E-state index is -0.0759. The monoisotopic (exact) mass is 388 g/mol. The van der Waals surface area contributed by atoms with E-state index in [9.17, 15) is 9.59 Å². The van der Waals surface area contributed by atoms with Crippen LogP contribution in [0, 0.1) is 40.4 Å². The van der Waals surface area contributed by atoms with Crippen molar-refractivity contribution < 1.29 is 14.3 Å². The van der Waals surface area contributed by atoms with E-state index in [2.05, 4.69) is 13.8 Å². The molecular formula is C25H40O3. The van der Waals surface area contributed by atoms with Crippen LogP contribution in [0.3, 0.4) is 0 Å². The van der Waals surface area contributed by atoms with Crippen LogP contribution in [0.25, 0.3) is 0 Å². The van der Waals surface area contributed by atoms with Crippen LogP contribution in [-0.4, -0.2) is 18.4 Å². The van der Waals surface area contributed by atoms with Gasteiger partial charge in [-0.15, -0.1) is 0 Å². The molecule has 0 aromatic carbocycles. The number of Topliss-reactive ketones (excluding diaryl/α,β-unsaturated/α-hetero) is 1. The van der Waals surface area contributed by atoms with E-state index in [0.717, 1.165) is 49.4 Å². The molecule has 4 rings (SSSR count). The van der Waals surface area contributed by atoms with E-state index in [-0.39, 0.29) is 5.97 Å². The predicted molar refractivity (Wildman–Crippen MR) is 111 cm³/mol. The molecule has 4 aliphatic rings. The van der Waals surface area contributed by atoms with Gasteiger partial charge in [0.25, 0.3) is 0 Å². The molecule has 0 heterocycles. The summed E-state index contributed by atoms with van der Waals surface area (Å²) < 4.78 is 5.38. The number of carbonyl (C=O) groups excluding carboxylic acids is 2. The highest BCUT2D eigenvalue weighted by atomic mass is 16.5. The maximum absolute atomic E-state index is 12.3. The number of hydrogen-bond donors (Lipinski definition) is 0. The smallest absolute Gasteiger partial charge is 0.305 e. The average Bonchev–Trinajstić information content (AvgIpc) is 3.07. The lowest BCUT2D eigenvalue weighted by molar-refractivity contribution is -0.151. The normalized spacial score (nSPS) is 45.1. The summed E-state index contributed by atoms with van der Waals surface area (Å²) >= 11 is 0. The first-order valence-corrected chi connectivity index (χ1v) is 12.0. The lowest BCUT2D eigenvalue weighted by atomic mass is 9.42. The fourth-order valence-corrected chi connectivity index (χ4v) is 8.14. The van der Waals surface area contributed by atoms with Crippen LogP contribution < -0.4 is 0 Å². The summed E-state index contributed by atoms with van der Waals surface area (Å²) in [5.74, 6) is 4.24. The third-order valence-electron chi connectivity index (χ3n) is 9.71. The fourth-order valence-electron chi connectivity index (χ4n) is 8.14. The van der Waals surface area contributed by atoms with E-state index < -0.39 is 0 Å². The molecule has 0 bridgehead atoms. The van der Waals surface area contributed by atoms with E-state index in [4.69, 9.17) is 4.74 Å². The van der Waals surface area contributed by atoms with Crippen LogP contribution in [0.4, 0.5) is 0 Å². The lowest BCUT2D eigenvalue weighted by Gasteiger charge is -2.62. The summed E-state index contributed by atoms with van der Waals surface area (Å²) in [6, 6.07) is 0. The number of rotatable bonds is 5. The highest BCUT2D eigenvalue weighted by Crippen LogP contribution is 2.67. The molecule has 0 aromatic rings. The largest absolute Gasteiger partial charge is 0.466 e. The van der Waals surface area contributed by atoms with Gasteiger partial charge in [0.05, 0.1) is 6.61 Å². The van der Waals surface area contributed by atoms with Gasteiger partial charge in [-0.05, 0) is 91.8 Å². The highest BCUT2D eigenvalue weighted by molar-refractivity contribution is 5.79. The van der Waals surface area contributed by atoms with Gasteiger partial charge < -0.3 is 4.74 Å². The summed E-state index contributed by atoms with van der Waals surface area (Å²) in [5, 5.41) is 0. The van der Waals surface area contributed by atoms with E-state index in [1.807, 2.05) is 6.92 Å². The second-order valence-electron chi connectivity index (χ2n) is 11.0. The zero-order valence-electron chi connectivity index (χ0n) is 18.3. The molecule has 0 aromatic heterocycles. The van der Waals surface area contributed by atoms with Crippen molar-refractivity contribution in [3.63, 3.8) is 0 Å². The Labute approximate surface area is 171 Å². The molecule has 158 valence electrons. The standard InChI is InChI=1S/C25H40O3/c1-4-22(27)28-14-6-7-17-15-18-16-19(26)9-13-25(18,3)21-10-12-24(2)11-5-8-20(24)23(17)21/h17-18,20-21,23H,4-16H2,1-3H3/t17?,18?,20-,21+,23-,24-,25-/m0/s1. The van der Waals surface area contributed by atoms with E-state index >= 15 is 0 Å². The van der Waals surface area contributed by atoms with Crippen molar-refractivity contribution in [2.45, 2.75) is 97.8 Å². The maximum Gasteiger partial charge on any atom is 0.305 e. The SMILES string of the molecule is CCC(=O)OCCCC1CC2CC(=O)CC[C@]2(C)[C@@H]2CC[C@]3(C)CCC[C@H]3[C@H]12. The van der Waals surface area contributed by atoms with Gasteiger partial charge in [-0.1, -0.05) is 27.2 Å². The van der Waals surface area contributed by atoms with Gasteiger partial charge in [0.15, 0.2) is 0 Å². The molecule has 7 atom stereocenters. The Morgan fingerprint density at radius 3 is 2.75 bits per heavy atom. The minimum absolute atomic E-state index is 0.0759. The Hall–Kier alpha value is -0.860. The average molecular weight is 389 g/mol. The van der Waals surface area contributed by atoms with Gasteiger partial charge in [0, 0.05) is 19.3 Å². The molecule has 28 heavy (non-hydrogen) atoms. The quantitative estimate of drug-likeness (QED) is 0.432. The van der Waals surface area contributed by atoms with Crippen molar-refractivity contribution in [1.82, 2.24) is 0 Å². The Bertz CT molecular complexity index is 613. The van der Waals surface area contributed by atoms with Crippen molar-refractivity contribution in [1.29, 1.82) is 0 Å². The van der Waals surface area contributed by atoms with E-state index in [0.29, 0.717) is 35.6 Å². The Balaban J connectivity index is 1.53. The lowest BCUT2D eigenvalue weighted by Crippen LogP contribution is -2.55. The fraction of sp³-hybridized carbons (Fsp3) is 0.920. The van der Waals surface area contributed by atoms with E-state index in [1.54, 1.807) is 0 Å². The molecule has 0 spiro atoms. The van der Waals surface area contributed by atoms with Crippen molar-refractivity contribution in [2.75, 3.05) is 6.61 Å². The zero-order chi connectivity index (χ0) is 19.9. The van der Waals surface area contributed by atoms with Crippen molar-refractivity contribution >= 4 is 11.8 Å². The topological polar surface area (TPSA) is 43.4 Å². The highest BCUT2D eigenvalue weighted by Gasteiger charge is 2.60. The summed E-state index contributed by atoms with van der Waals surface area (Å²) in [4.78, 5) is 23.8. The van der Waals surface area contributed by atoms with Gasteiger partial charge in [0.2, 0.25) is 0 Å².